The van der Waals surface area contributed by atoms with Crippen LogP contribution in [0.5, 0.6) is 5.88 Å². The number of rotatable bonds is 7. The summed E-state index contributed by atoms with van der Waals surface area (Å²) in [5.74, 6) is -0.222. The molecule has 5 aromatic rings. The average Bonchev–Trinajstić information content (AvgIpc) is 3.59. The number of hydrogen-bond donors (Lipinski definition) is 1. The topological polar surface area (TPSA) is 112 Å². The van der Waals surface area contributed by atoms with Gasteiger partial charge in [0.25, 0.3) is 0 Å². The highest BCUT2D eigenvalue weighted by molar-refractivity contribution is 7.03. The van der Waals surface area contributed by atoms with Gasteiger partial charge in [-0.1, -0.05) is 11.2 Å². The van der Waals surface area contributed by atoms with Crippen molar-refractivity contribution in [2.75, 3.05) is 19.5 Å². The van der Waals surface area contributed by atoms with Crippen LogP contribution in [0.2, 0.25) is 0 Å². The highest BCUT2D eigenvalue weighted by Crippen LogP contribution is 2.38. The lowest BCUT2D eigenvalue weighted by molar-refractivity contribution is 0.0594. The Labute approximate surface area is 217 Å². The van der Waals surface area contributed by atoms with Gasteiger partial charge in [0.1, 0.15) is 6.26 Å². The maximum Gasteiger partial charge on any atom is 0.358 e. The van der Waals surface area contributed by atoms with E-state index in [0.29, 0.717) is 11.6 Å². The van der Waals surface area contributed by atoms with E-state index in [1.165, 1.54) is 25.8 Å². The van der Waals surface area contributed by atoms with E-state index in [-0.39, 0.29) is 11.7 Å². The summed E-state index contributed by atoms with van der Waals surface area (Å²) >= 11 is 1.38. The molecule has 0 saturated carbocycles. The number of anilines is 1. The Kier molecular flexibility index (Phi) is 6.58. The summed E-state index contributed by atoms with van der Waals surface area (Å²) in [5, 5.41) is 10.5. The average molecular weight is 516 g/mol. The number of nitrogens with zero attached hydrogens (tertiary/aromatic N) is 4. The number of hydrogen-bond acceptors (Lipinski definition) is 10. The molecule has 9 nitrogen and oxygen atoms in total. The molecule has 0 fully saturated rings. The van der Waals surface area contributed by atoms with Gasteiger partial charge < -0.3 is 19.3 Å². The Balaban J connectivity index is 1.65. The van der Waals surface area contributed by atoms with Crippen molar-refractivity contribution in [2.24, 2.45) is 0 Å². The van der Waals surface area contributed by atoms with Crippen molar-refractivity contribution in [3.63, 3.8) is 0 Å². The van der Waals surface area contributed by atoms with E-state index in [0.717, 1.165) is 50.1 Å². The van der Waals surface area contributed by atoms with Gasteiger partial charge in [0.15, 0.2) is 5.69 Å². The minimum absolute atomic E-state index is 0.152. The van der Waals surface area contributed by atoms with Crippen molar-refractivity contribution < 1.29 is 18.8 Å². The fourth-order valence-corrected chi connectivity index (χ4v) is 4.86. The van der Waals surface area contributed by atoms with Crippen LogP contribution < -0.4 is 10.1 Å². The number of carbonyl (C=O) groups is 1. The van der Waals surface area contributed by atoms with Crippen molar-refractivity contribution in [1.82, 2.24) is 19.5 Å². The Morgan fingerprint density at radius 3 is 2.62 bits per heavy atom. The second-order valence-electron chi connectivity index (χ2n) is 8.64. The first-order valence-electron chi connectivity index (χ1n) is 11.6. The molecular weight excluding hydrogens is 490 g/mol. The summed E-state index contributed by atoms with van der Waals surface area (Å²) in [6, 6.07) is 9.58. The standard InChI is InChI=1S/C27H25N5O4S/c1-14-8-18(15(2)29-22-6-7-24(34-4)31-26(22)27(33)35-5)20-10-19(17-11-28-37-13-17)25(30-23(20)9-14)21-12-36-32-16(21)3/h6-13,15,29H,1-5H3/t15-/m1/s1. The molecule has 0 saturated heterocycles. The van der Waals surface area contributed by atoms with Crippen LogP contribution in [-0.4, -0.2) is 39.7 Å². The number of esters is 1. The van der Waals surface area contributed by atoms with Crippen LogP contribution in [0.1, 0.15) is 40.3 Å². The van der Waals surface area contributed by atoms with Gasteiger partial charge in [0, 0.05) is 40.2 Å². The van der Waals surface area contributed by atoms with Gasteiger partial charge in [-0.25, -0.2) is 19.1 Å². The third kappa shape index (κ3) is 4.63. The molecular formula is C27H25N5O4S. The molecule has 0 aliphatic rings. The molecule has 0 radical (unpaired) electrons. The molecule has 1 aromatic carbocycles. The van der Waals surface area contributed by atoms with Crippen LogP contribution in [0.15, 0.2) is 52.7 Å². The summed E-state index contributed by atoms with van der Waals surface area (Å²) in [6.45, 7) is 5.96. The predicted molar refractivity (Wildman–Crippen MR) is 142 cm³/mol. The predicted octanol–water partition coefficient (Wildman–Crippen LogP) is 5.99. The molecule has 0 spiro atoms. The summed E-state index contributed by atoms with van der Waals surface area (Å²) in [5.41, 5.74) is 7.91. The lowest BCUT2D eigenvalue weighted by Gasteiger charge is -2.21. The Bertz CT molecular complexity index is 1600. The monoisotopic (exact) mass is 515 g/mol. The van der Waals surface area contributed by atoms with Crippen molar-refractivity contribution in [3.8, 4) is 28.3 Å². The van der Waals surface area contributed by atoms with Gasteiger partial charge in [-0.15, -0.1) is 0 Å². The highest BCUT2D eigenvalue weighted by Gasteiger charge is 2.21. The summed E-state index contributed by atoms with van der Waals surface area (Å²) in [7, 11) is 2.83. The maximum absolute atomic E-state index is 12.4. The van der Waals surface area contributed by atoms with Crippen LogP contribution in [-0.2, 0) is 4.74 Å². The summed E-state index contributed by atoms with van der Waals surface area (Å²) < 4.78 is 19.7. The molecule has 0 aliphatic carbocycles. The normalized spacial score (nSPS) is 11.9. The van der Waals surface area contributed by atoms with Gasteiger partial charge in [0.2, 0.25) is 5.88 Å². The first kappa shape index (κ1) is 24.4. The zero-order valence-electron chi connectivity index (χ0n) is 21.0. The van der Waals surface area contributed by atoms with Gasteiger partial charge in [-0.05, 0) is 61.6 Å². The van der Waals surface area contributed by atoms with Crippen LogP contribution in [0.4, 0.5) is 5.69 Å². The maximum atomic E-state index is 12.4. The molecule has 0 amide bonds. The minimum Gasteiger partial charge on any atom is -0.481 e. The fraction of sp³-hybridized carbons (Fsp3) is 0.222. The lowest BCUT2D eigenvalue weighted by atomic mass is 9.94. The first-order valence-corrected chi connectivity index (χ1v) is 12.4. The lowest BCUT2D eigenvalue weighted by Crippen LogP contribution is -2.14. The van der Waals surface area contributed by atoms with E-state index in [4.69, 9.17) is 19.0 Å². The number of ether oxygens (including phenoxy) is 2. The highest BCUT2D eigenvalue weighted by atomic mass is 32.1. The molecule has 4 aromatic heterocycles. The number of carbonyl (C=O) groups excluding carboxylic acids is 1. The quantitative estimate of drug-likeness (QED) is 0.261. The summed E-state index contributed by atoms with van der Waals surface area (Å²) in [6.07, 6.45) is 3.46. The van der Waals surface area contributed by atoms with Gasteiger partial charge in [-0.3, -0.25) is 0 Å². The van der Waals surface area contributed by atoms with Crippen molar-refractivity contribution in [2.45, 2.75) is 26.8 Å². The van der Waals surface area contributed by atoms with Crippen molar-refractivity contribution in [1.29, 1.82) is 0 Å². The number of methoxy groups -OCH3 is 2. The van der Waals surface area contributed by atoms with Crippen LogP contribution >= 0.6 is 11.5 Å². The third-order valence-corrected chi connectivity index (χ3v) is 6.74. The summed E-state index contributed by atoms with van der Waals surface area (Å²) in [4.78, 5) is 21.8. The van der Waals surface area contributed by atoms with Gasteiger partial charge in [-0.2, -0.15) is 0 Å². The number of fused-ring (bicyclic) bond motifs is 1. The largest absolute Gasteiger partial charge is 0.481 e. The molecule has 0 unspecified atom stereocenters. The van der Waals surface area contributed by atoms with E-state index in [1.54, 1.807) is 18.4 Å². The van der Waals surface area contributed by atoms with E-state index < -0.39 is 5.97 Å². The molecule has 4 heterocycles. The molecule has 188 valence electrons. The number of aromatic nitrogens is 4. The van der Waals surface area contributed by atoms with Crippen LogP contribution in [0.3, 0.4) is 0 Å². The molecule has 5 rings (SSSR count). The molecule has 0 aliphatic heterocycles. The van der Waals surface area contributed by atoms with E-state index in [1.807, 2.05) is 32.3 Å². The smallest absolute Gasteiger partial charge is 0.358 e. The number of benzene rings is 1. The zero-order chi connectivity index (χ0) is 26.1. The molecule has 1 atom stereocenters. The van der Waals surface area contributed by atoms with Gasteiger partial charge in [0.05, 0.1) is 42.4 Å². The first-order chi connectivity index (χ1) is 17.9. The van der Waals surface area contributed by atoms with Crippen molar-refractivity contribution in [3.05, 3.63) is 70.7 Å². The minimum atomic E-state index is -0.551. The molecule has 1 N–H and O–H groups in total. The zero-order valence-corrected chi connectivity index (χ0v) is 21.8. The van der Waals surface area contributed by atoms with Crippen molar-refractivity contribution >= 4 is 34.1 Å². The number of pyridine rings is 2. The third-order valence-electron chi connectivity index (χ3n) is 6.16. The molecule has 0 bridgehead atoms. The van der Waals surface area contributed by atoms with E-state index >= 15 is 0 Å². The Hall–Kier alpha value is -4.31. The molecule has 10 heteroatoms. The van der Waals surface area contributed by atoms with Crippen LogP contribution in [0.25, 0.3) is 33.3 Å². The number of aryl methyl sites for hydroxylation is 2. The Morgan fingerprint density at radius 1 is 1.11 bits per heavy atom. The number of nitrogens with one attached hydrogen (secondary N) is 1. The van der Waals surface area contributed by atoms with Gasteiger partial charge >= 0.3 is 5.97 Å². The molecule has 37 heavy (non-hydrogen) atoms. The SMILES string of the molecule is COC(=O)c1nc(OC)ccc1N[C@H](C)c1cc(C)cc2nc(-c3conc3C)c(-c3cnsc3)cc12. The van der Waals surface area contributed by atoms with E-state index in [9.17, 15) is 4.79 Å². The fourth-order valence-electron chi connectivity index (χ4n) is 4.33. The second-order valence-corrected chi connectivity index (χ2v) is 9.30. The van der Waals surface area contributed by atoms with E-state index in [2.05, 4.69) is 38.0 Å². The van der Waals surface area contributed by atoms with Crippen LogP contribution in [0, 0.1) is 13.8 Å². The Morgan fingerprint density at radius 2 is 1.95 bits per heavy atom. The second kappa shape index (κ2) is 9.98.